The number of carboxylic acids is 1. The van der Waals surface area contributed by atoms with Crippen LogP contribution >= 0.6 is 0 Å². The minimum atomic E-state index is -0.945. The number of benzene rings is 3. The van der Waals surface area contributed by atoms with Gasteiger partial charge in [-0.2, -0.15) is 0 Å². The van der Waals surface area contributed by atoms with Crippen molar-refractivity contribution in [1.82, 2.24) is 9.97 Å². The summed E-state index contributed by atoms with van der Waals surface area (Å²) < 4.78 is 5.54. The lowest BCUT2D eigenvalue weighted by atomic mass is 10.0. The molecule has 2 heterocycles. The standard InChI is InChI=1S/C28H21N3O3/c1-2-18-5-9-20(10-6-18)22-13-14-23-24(16-22)30-27(25-4-3-15-34-25)31-26(23)29-17-19-7-11-21(12-8-19)28(32)33/h2-16H,1,17H2,(H,32,33)(H,29,30,31). The largest absolute Gasteiger partial charge is 0.478 e. The van der Waals surface area contributed by atoms with E-state index in [1.165, 1.54) is 0 Å². The number of aromatic nitrogens is 2. The fourth-order valence-electron chi connectivity index (χ4n) is 3.72. The van der Waals surface area contributed by atoms with Gasteiger partial charge in [0.05, 0.1) is 17.3 Å². The number of hydrogen-bond donors (Lipinski definition) is 2. The van der Waals surface area contributed by atoms with Crippen molar-refractivity contribution in [2.24, 2.45) is 0 Å². The number of carboxylic acid groups (broad SMARTS) is 1. The van der Waals surface area contributed by atoms with Gasteiger partial charge in [-0.15, -0.1) is 0 Å². The summed E-state index contributed by atoms with van der Waals surface area (Å²) >= 11 is 0. The Morgan fingerprint density at radius 2 is 1.74 bits per heavy atom. The molecule has 0 amide bonds. The first-order chi connectivity index (χ1) is 16.6. The molecule has 0 aliphatic heterocycles. The number of nitrogens with zero attached hydrogens (tertiary/aromatic N) is 2. The zero-order valence-electron chi connectivity index (χ0n) is 18.2. The molecule has 0 aliphatic carbocycles. The average Bonchev–Trinajstić information content (AvgIpc) is 3.42. The van der Waals surface area contributed by atoms with E-state index in [0.29, 0.717) is 23.9 Å². The van der Waals surface area contributed by atoms with Crippen molar-refractivity contribution < 1.29 is 14.3 Å². The quantitative estimate of drug-likeness (QED) is 0.296. The molecule has 6 heteroatoms. The van der Waals surface area contributed by atoms with Crippen LogP contribution in [0.5, 0.6) is 0 Å². The van der Waals surface area contributed by atoms with Crippen LogP contribution in [0.4, 0.5) is 5.82 Å². The first-order valence-corrected chi connectivity index (χ1v) is 10.8. The van der Waals surface area contributed by atoms with E-state index in [4.69, 9.17) is 19.5 Å². The third-order valence-electron chi connectivity index (χ3n) is 5.58. The van der Waals surface area contributed by atoms with E-state index < -0.39 is 5.97 Å². The Morgan fingerprint density at radius 1 is 0.971 bits per heavy atom. The Morgan fingerprint density at radius 3 is 2.41 bits per heavy atom. The summed E-state index contributed by atoms with van der Waals surface area (Å²) in [6.07, 6.45) is 3.41. The summed E-state index contributed by atoms with van der Waals surface area (Å²) in [4.78, 5) is 20.6. The molecule has 166 valence electrons. The summed E-state index contributed by atoms with van der Waals surface area (Å²) in [6, 6.07) is 24.7. The number of nitrogens with one attached hydrogen (secondary N) is 1. The minimum absolute atomic E-state index is 0.255. The third-order valence-corrected chi connectivity index (χ3v) is 5.58. The molecular formula is C28H21N3O3. The second kappa shape index (κ2) is 9.03. The van der Waals surface area contributed by atoms with E-state index in [1.807, 2.05) is 42.5 Å². The van der Waals surface area contributed by atoms with Crippen molar-refractivity contribution in [2.75, 3.05) is 5.32 Å². The smallest absolute Gasteiger partial charge is 0.335 e. The van der Waals surface area contributed by atoms with Crippen LogP contribution in [0.3, 0.4) is 0 Å². The van der Waals surface area contributed by atoms with Crippen LogP contribution in [0.1, 0.15) is 21.5 Å². The Balaban J connectivity index is 1.52. The molecule has 0 fully saturated rings. The topological polar surface area (TPSA) is 88.2 Å². The molecule has 3 aromatic carbocycles. The van der Waals surface area contributed by atoms with Crippen LogP contribution in [-0.4, -0.2) is 21.0 Å². The molecule has 0 saturated heterocycles. The van der Waals surface area contributed by atoms with Gasteiger partial charge in [0.2, 0.25) is 0 Å². The first kappa shape index (κ1) is 21.2. The number of furan rings is 1. The second-order valence-corrected chi connectivity index (χ2v) is 7.79. The predicted octanol–water partition coefficient (Wildman–Crippen LogP) is 6.51. The van der Waals surface area contributed by atoms with E-state index in [1.54, 1.807) is 36.6 Å². The van der Waals surface area contributed by atoms with Crippen LogP contribution in [0.25, 0.3) is 39.7 Å². The van der Waals surface area contributed by atoms with Crippen LogP contribution in [0.15, 0.2) is 96.1 Å². The van der Waals surface area contributed by atoms with Gasteiger partial charge in [0.1, 0.15) is 5.82 Å². The molecule has 6 nitrogen and oxygen atoms in total. The lowest BCUT2D eigenvalue weighted by Crippen LogP contribution is -2.05. The van der Waals surface area contributed by atoms with Crippen molar-refractivity contribution in [1.29, 1.82) is 0 Å². The fourth-order valence-corrected chi connectivity index (χ4v) is 3.72. The van der Waals surface area contributed by atoms with E-state index in [2.05, 4.69) is 24.0 Å². The SMILES string of the molecule is C=Cc1ccc(-c2ccc3c(NCc4ccc(C(=O)O)cc4)nc(-c4ccco4)nc3c2)cc1. The predicted molar refractivity (Wildman–Crippen MR) is 133 cm³/mol. The molecule has 0 radical (unpaired) electrons. The normalized spacial score (nSPS) is 10.8. The molecule has 2 aromatic heterocycles. The van der Waals surface area contributed by atoms with E-state index in [9.17, 15) is 4.79 Å². The molecule has 0 bridgehead atoms. The first-order valence-electron chi connectivity index (χ1n) is 10.8. The van der Waals surface area contributed by atoms with Crippen molar-refractivity contribution in [3.63, 3.8) is 0 Å². The Bertz CT molecular complexity index is 1470. The third kappa shape index (κ3) is 4.29. The molecule has 0 spiro atoms. The van der Waals surface area contributed by atoms with Gasteiger partial charge in [-0.3, -0.25) is 0 Å². The Hall–Kier alpha value is -4.71. The maximum absolute atomic E-state index is 11.1. The van der Waals surface area contributed by atoms with Gasteiger partial charge in [0.25, 0.3) is 0 Å². The highest BCUT2D eigenvalue weighted by Gasteiger charge is 2.13. The number of carbonyl (C=O) groups is 1. The Labute approximate surface area is 196 Å². The minimum Gasteiger partial charge on any atom is -0.478 e. The van der Waals surface area contributed by atoms with Crippen molar-refractivity contribution in [3.8, 4) is 22.7 Å². The zero-order chi connectivity index (χ0) is 23.5. The molecule has 5 rings (SSSR count). The van der Waals surface area contributed by atoms with Gasteiger partial charge in [-0.25, -0.2) is 14.8 Å². The van der Waals surface area contributed by atoms with Gasteiger partial charge in [0, 0.05) is 11.9 Å². The summed E-state index contributed by atoms with van der Waals surface area (Å²) in [5, 5.41) is 13.4. The maximum atomic E-state index is 11.1. The fraction of sp³-hybridized carbons (Fsp3) is 0.0357. The molecule has 34 heavy (non-hydrogen) atoms. The van der Waals surface area contributed by atoms with E-state index >= 15 is 0 Å². The molecule has 0 aliphatic rings. The summed E-state index contributed by atoms with van der Waals surface area (Å²) in [5.41, 5.74) is 5.17. The number of hydrogen-bond acceptors (Lipinski definition) is 5. The van der Waals surface area contributed by atoms with Crippen LogP contribution in [0.2, 0.25) is 0 Å². The van der Waals surface area contributed by atoms with Crippen molar-refractivity contribution in [3.05, 3.63) is 108 Å². The van der Waals surface area contributed by atoms with Crippen LogP contribution in [0, 0.1) is 0 Å². The molecule has 2 N–H and O–H groups in total. The molecule has 0 unspecified atom stereocenters. The molecule has 0 saturated carbocycles. The van der Waals surface area contributed by atoms with E-state index in [-0.39, 0.29) is 5.56 Å². The number of rotatable bonds is 7. The van der Waals surface area contributed by atoms with E-state index in [0.717, 1.165) is 33.2 Å². The Kier molecular flexibility index (Phi) is 5.62. The second-order valence-electron chi connectivity index (χ2n) is 7.79. The molecule has 5 aromatic rings. The lowest BCUT2D eigenvalue weighted by molar-refractivity contribution is 0.0697. The van der Waals surface area contributed by atoms with Gasteiger partial charge in [-0.1, -0.05) is 55.1 Å². The van der Waals surface area contributed by atoms with Gasteiger partial charge >= 0.3 is 5.97 Å². The van der Waals surface area contributed by atoms with Crippen LogP contribution in [-0.2, 0) is 6.54 Å². The summed E-state index contributed by atoms with van der Waals surface area (Å²) in [6.45, 7) is 4.29. The number of aromatic carboxylic acids is 1. The number of anilines is 1. The highest BCUT2D eigenvalue weighted by atomic mass is 16.4. The molecule has 0 atom stereocenters. The van der Waals surface area contributed by atoms with Crippen molar-refractivity contribution >= 4 is 28.8 Å². The van der Waals surface area contributed by atoms with Gasteiger partial charge in [0.15, 0.2) is 11.6 Å². The lowest BCUT2D eigenvalue weighted by Gasteiger charge is -2.12. The summed E-state index contributed by atoms with van der Waals surface area (Å²) in [5.74, 6) is 0.795. The van der Waals surface area contributed by atoms with Crippen LogP contribution < -0.4 is 5.32 Å². The number of fused-ring (bicyclic) bond motifs is 1. The van der Waals surface area contributed by atoms with Gasteiger partial charge < -0.3 is 14.8 Å². The summed E-state index contributed by atoms with van der Waals surface area (Å²) in [7, 11) is 0. The maximum Gasteiger partial charge on any atom is 0.335 e. The molecular weight excluding hydrogens is 426 g/mol. The highest BCUT2D eigenvalue weighted by Crippen LogP contribution is 2.30. The van der Waals surface area contributed by atoms with Gasteiger partial charge in [-0.05, 0) is 58.7 Å². The zero-order valence-corrected chi connectivity index (χ0v) is 18.2. The van der Waals surface area contributed by atoms with Crippen molar-refractivity contribution in [2.45, 2.75) is 6.54 Å². The monoisotopic (exact) mass is 447 g/mol. The highest BCUT2D eigenvalue weighted by molar-refractivity contribution is 5.93. The average molecular weight is 447 g/mol.